The molecule has 0 aromatic rings. The van der Waals surface area contributed by atoms with Gasteiger partial charge in [0, 0.05) is 30.1 Å². The van der Waals surface area contributed by atoms with Crippen LogP contribution in [0.2, 0.25) is 0 Å². The van der Waals surface area contributed by atoms with Gasteiger partial charge in [-0.3, -0.25) is 19.2 Å². The van der Waals surface area contributed by atoms with Gasteiger partial charge in [-0.2, -0.15) is 0 Å². The Morgan fingerprint density at radius 2 is 0.976 bits per heavy atom. The summed E-state index contributed by atoms with van der Waals surface area (Å²) in [6.07, 6.45) is 7.61. The van der Waals surface area contributed by atoms with Crippen molar-refractivity contribution in [1.82, 2.24) is 0 Å². The van der Waals surface area contributed by atoms with Crippen LogP contribution in [0.25, 0.3) is 0 Å². The third-order valence-electron chi connectivity index (χ3n) is 23.2. The molecule has 460 valence electrons. The number of nitrogens with two attached hydrogens (primary N) is 2. The summed E-state index contributed by atoms with van der Waals surface area (Å²) >= 11 is 0. The lowest BCUT2D eigenvalue weighted by molar-refractivity contribution is -0.196. The Morgan fingerprint density at radius 3 is 1.37 bits per heavy atom. The van der Waals surface area contributed by atoms with Gasteiger partial charge in [0.1, 0.15) is 36.6 Å². The topological polar surface area (TPSA) is 238 Å². The second kappa shape index (κ2) is 24.1. The fraction of sp³-hybridized carbons (Fsp3) is 0.765. The first-order valence-electron chi connectivity index (χ1n) is 31.1. The van der Waals surface area contributed by atoms with E-state index >= 15 is 0 Å². The lowest BCUT2D eigenvalue weighted by Crippen LogP contribution is -2.63. The van der Waals surface area contributed by atoms with Gasteiger partial charge in [0.05, 0.1) is 25.3 Å². The van der Waals surface area contributed by atoms with Gasteiger partial charge in [0.25, 0.3) is 0 Å². The van der Waals surface area contributed by atoms with E-state index in [1.165, 1.54) is 47.3 Å². The molecule has 0 radical (unpaired) electrons. The smallest absolute Gasteiger partial charge is 0.320 e. The third kappa shape index (κ3) is 11.2. The van der Waals surface area contributed by atoms with E-state index in [1.54, 1.807) is 0 Å². The molecule has 0 heterocycles. The molecule has 8 aliphatic rings. The maximum Gasteiger partial charge on any atom is 0.320 e. The summed E-state index contributed by atoms with van der Waals surface area (Å²) in [6.45, 7) is 40.9. The number of hydrogen-bond acceptors (Lipinski definition) is 14. The zero-order chi connectivity index (χ0) is 61.3. The van der Waals surface area contributed by atoms with E-state index in [4.69, 9.17) is 30.4 Å². The van der Waals surface area contributed by atoms with Gasteiger partial charge in [-0.15, -0.1) is 0 Å². The van der Waals surface area contributed by atoms with Crippen LogP contribution in [0, 0.1) is 79.8 Å². The number of rotatable bonds is 16. The molecule has 82 heavy (non-hydrogen) atoms. The fourth-order valence-corrected chi connectivity index (χ4v) is 18.8. The van der Waals surface area contributed by atoms with Crippen LogP contribution in [0.1, 0.15) is 188 Å². The van der Waals surface area contributed by atoms with Crippen LogP contribution in [0.3, 0.4) is 0 Å². The van der Waals surface area contributed by atoms with Crippen molar-refractivity contribution in [3.63, 3.8) is 0 Å². The number of carbonyl (C=O) groups excluding carboxylic acids is 4. The first kappa shape index (κ1) is 65.6. The third-order valence-corrected chi connectivity index (χ3v) is 23.2. The molecule has 2 saturated carbocycles. The molecule has 0 saturated heterocycles. The van der Waals surface area contributed by atoms with E-state index in [-0.39, 0.29) is 36.8 Å². The van der Waals surface area contributed by atoms with Crippen LogP contribution in [0.15, 0.2) is 69.9 Å². The maximum atomic E-state index is 12.5. The SMILES string of the molecule is C=C(CC[C@@H](C)[C@H]1CC=C2C3=C([C@@H](O)[C@H](OC(C)=O)C21C)C1(C)C[C@@H](O)[C@H](OC(=O)CN)C(C)(C)[C@@H]1CC3)C(C)C.C=C(CC[C@@H](C)[C@H]1CC=C2C3=C([C@@H](O)[C@H](OC(C)=O)C21C)C1(C)C[C@@H](OC(=O)CN)[C@H](O)C(C)(C)[C@@H]1CC3)C(C)C. The number of fused-ring (bicyclic) bond motifs is 8. The largest absolute Gasteiger partial charge is 0.459 e. The van der Waals surface area contributed by atoms with Crippen LogP contribution < -0.4 is 11.5 Å². The van der Waals surface area contributed by atoms with Gasteiger partial charge in [-0.25, -0.2) is 0 Å². The van der Waals surface area contributed by atoms with Gasteiger partial charge in [0.2, 0.25) is 0 Å². The predicted molar refractivity (Wildman–Crippen MR) is 319 cm³/mol. The predicted octanol–water partition coefficient (Wildman–Crippen LogP) is 10.5. The van der Waals surface area contributed by atoms with Crippen LogP contribution in [0.4, 0.5) is 0 Å². The number of aliphatic hydroxyl groups excluding tert-OH is 4. The Kier molecular flexibility index (Phi) is 19.3. The van der Waals surface area contributed by atoms with Crippen molar-refractivity contribution in [2.24, 2.45) is 91.3 Å². The number of aliphatic hydroxyl groups is 4. The number of carbonyl (C=O) groups is 4. The van der Waals surface area contributed by atoms with Crippen molar-refractivity contribution >= 4 is 23.9 Å². The van der Waals surface area contributed by atoms with Gasteiger partial charge in [0.15, 0.2) is 0 Å². The molecule has 8 N–H and O–H groups in total. The summed E-state index contributed by atoms with van der Waals surface area (Å²) in [6, 6.07) is 0. The summed E-state index contributed by atoms with van der Waals surface area (Å²) in [4.78, 5) is 49.5. The molecule has 14 nitrogen and oxygen atoms in total. The van der Waals surface area contributed by atoms with Crippen molar-refractivity contribution in [2.75, 3.05) is 13.1 Å². The second-order valence-corrected chi connectivity index (χ2v) is 29.3. The van der Waals surface area contributed by atoms with E-state index in [9.17, 15) is 39.6 Å². The molecule has 14 heteroatoms. The molecular weight excluding hydrogens is 1040 g/mol. The molecule has 8 rings (SSSR count). The average molecular weight is 1140 g/mol. The Labute approximate surface area is 491 Å². The molecule has 0 spiro atoms. The highest BCUT2D eigenvalue weighted by molar-refractivity contribution is 5.72. The van der Waals surface area contributed by atoms with Crippen molar-refractivity contribution in [2.45, 2.75) is 237 Å². The van der Waals surface area contributed by atoms with E-state index in [0.717, 1.165) is 75.4 Å². The lowest BCUT2D eigenvalue weighted by Gasteiger charge is -2.62. The molecule has 4 unspecified atom stereocenters. The second-order valence-electron chi connectivity index (χ2n) is 29.3. The van der Waals surface area contributed by atoms with Crippen molar-refractivity contribution in [3.8, 4) is 0 Å². The normalized spacial score (nSPS) is 38.4. The average Bonchev–Trinajstić information content (AvgIpc) is 1.65. The van der Waals surface area contributed by atoms with Crippen LogP contribution in [0.5, 0.6) is 0 Å². The van der Waals surface area contributed by atoms with Gasteiger partial charge in [-0.1, -0.05) is 133 Å². The van der Waals surface area contributed by atoms with Gasteiger partial charge >= 0.3 is 23.9 Å². The minimum atomic E-state index is -1.00. The van der Waals surface area contributed by atoms with E-state index in [0.29, 0.717) is 36.5 Å². The Hall–Kier alpha value is -3.92. The lowest BCUT2D eigenvalue weighted by atomic mass is 9.45. The zero-order valence-corrected chi connectivity index (χ0v) is 52.9. The highest BCUT2D eigenvalue weighted by atomic mass is 16.6. The summed E-state index contributed by atoms with van der Waals surface area (Å²) in [5.74, 6) is 0.161. The standard InChI is InChI=1S/2C34H53NO6/c1-18(2)19(3)10-11-20(4)23-13-14-24-22-12-15-26-32(6,7)30(39)25(41-27(37)17-35)16-33(26,8)28(22)29(38)31(34(23,24)9)40-21(5)36;1-18(2)19(3)10-11-20(4)23-13-14-24-22-12-15-26-32(6,7)30(41-27(38)17-35)25(37)16-33(26,8)28(22)29(39)31(34(23,24)9)40-21(5)36/h14,18,20,23,25-26,29-31,38-39H,3,10-13,15-17,35H2,1-2,4-9H3;14,18,20,23,25-26,29-31,37,39H,3,10-13,15-17,35H2,1-2,4-9H3/t2*20-,23-,25-,26+,29-,30+,31+,33?,34?/m11/s1. The van der Waals surface area contributed by atoms with E-state index in [2.05, 4.69) is 94.5 Å². The quantitative estimate of drug-likeness (QED) is 0.0479. The van der Waals surface area contributed by atoms with Gasteiger partial charge in [-0.05, 0) is 174 Å². The molecule has 0 aromatic carbocycles. The Morgan fingerprint density at radius 1 is 0.585 bits per heavy atom. The van der Waals surface area contributed by atoms with E-state index in [1.807, 2.05) is 27.7 Å². The highest BCUT2D eigenvalue weighted by Crippen LogP contribution is 2.70. The molecule has 8 aliphatic carbocycles. The zero-order valence-electron chi connectivity index (χ0n) is 52.9. The summed E-state index contributed by atoms with van der Waals surface area (Å²) in [7, 11) is 0. The summed E-state index contributed by atoms with van der Waals surface area (Å²) in [5.41, 5.74) is 16.8. The monoisotopic (exact) mass is 1140 g/mol. The number of hydrogen-bond donors (Lipinski definition) is 6. The van der Waals surface area contributed by atoms with Crippen molar-refractivity contribution in [3.05, 3.63) is 69.9 Å². The highest BCUT2D eigenvalue weighted by Gasteiger charge is 2.68. The molecule has 0 aromatic heterocycles. The Bertz CT molecular complexity index is 2620. The number of ether oxygens (including phenoxy) is 4. The minimum absolute atomic E-state index is 0.0310. The fourth-order valence-electron chi connectivity index (χ4n) is 18.8. The molecule has 0 bridgehead atoms. The number of esters is 4. The first-order valence-corrected chi connectivity index (χ1v) is 31.1. The number of allylic oxidation sites excluding steroid dienone is 6. The molecule has 0 amide bonds. The maximum absolute atomic E-state index is 12.5. The molecule has 18 atom stereocenters. The summed E-state index contributed by atoms with van der Waals surface area (Å²) in [5, 5.41) is 47.3. The summed E-state index contributed by atoms with van der Waals surface area (Å²) < 4.78 is 23.6. The minimum Gasteiger partial charge on any atom is -0.459 e. The molecule has 0 aliphatic heterocycles. The van der Waals surface area contributed by atoms with Gasteiger partial charge < -0.3 is 50.8 Å². The molecule has 2 fully saturated rings. The van der Waals surface area contributed by atoms with Crippen molar-refractivity contribution < 1.29 is 58.6 Å². The molecular formula is C68H106N2O12. The first-order chi connectivity index (χ1) is 38.0. The van der Waals surface area contributed by atoms with Crippen molar-refractivity contribution in [1.29, 1.82) is 0 Å². The van der Waals surface area contributed by atoms with E-state index < -0.39 is 105 Å². The van der Waals surface area contributed by atoms with Crippen LogP contribution in [-0.2, 0) is 38.1 Å². The van der Waals surface area contributed by atoms with Crippen LogP contribution >= 0.6 is 0 Å². The van der Waals surface area contributed by atoms with Crippen LogP contribution in [-0.4, -0.2) is 106 Å². The Balaban J connectivity index is 0.000000236.